The number of nitrogens with zero attached hydrogens (tertiary/aromatic N) is 3. The summed E-state index contributed by atoms with van der Waals surface area (Å²) in [6.07, 6.45) is 2.01. The first-order chi connectivity index (χ1) is 10.6. The Labute approximate surface area is 135 Å². The second kappa shape index (κ2) is 9.26. The molecule has 1 fully saturated rings. The van der Waals surface area contributed by atoms with Crippen LogP contribution in [0.25, 0.3) is 0 Å². The Bertz CT molecular complexity index is 404. The molecule has 0 saturated carbocycles. The second-order valence-corrected chi connectivity index (χ2v) is 6.61. The topological polar surface area (TPSA) is 30.0 Å². The zero-order chi connectivity index (χ0) is 15.8. The molecule has 1 aromatic carbocycles. The average Bonchev–Trinajstić information content (AvgIpc) is 2.50. The maximum absolute atomic E-state index is 10.3. The number of aryl methyl sites for hydroxylation is 1. The van der Waals surface area contributed by atoms with Gasteiger partial charge < -0.3 is 14.9 Å². The lowest BCUT2D eigenvalue weighted by Crippen LogP contribution is -2.48. The van der Waals surface area contributed by atoms with Crippen molar-refractivity contribution >= 4 is 0 Å². The SMILES string of the molecule is CN1CCN(CC(O)CN(C)CCCc2ccccc2)CC1. The molecule has 1 saturated heterocycles. The van der Waals surface area contributed by atoms with Crippen molar-refractivity contribution in [3.63, 3.8) is 0 Å². The smallest absolute Gasteiger partial charge is 0.0793 e. The van der Waals surface area contributed by atoms with Crippen molar-refractivity contribution in [2.75, 3.05) is 59.9 Å². The van der Waals surface area contributed by atoms with Crippen molar-refractivity contribution in [1.82, 2.24) is 14.7 Å². The summed E-state index contributed by atoms with van der Waals surface area (Å²) >= 11 is 0. The number of benzene rings is 1. The predicted molar refractivity (Wildman–Crippen MR) is 92.2 cm³/mol. The molecule has 1 heterocycles. The van der Waals surface area contributed by atoms with Gasteiger partial charge in [0, 0.05) is 39.3 Å². The molecule has 1 atom stereocenters. The van der Waals surface area contributed by atoms with Crippen LogP contribution in [0.1, 0.15) is 12.0 Å². The fourth-order valence-corrected chi connectivity index (χ4v) is 3.04. The number of aliphatic hydroxyl groups excluding tert-OH is 1. The molecule has 0 radical (unpaired) electrons. The monoisotopic (exact) mass is 305 g/mol. The molecule has 1 N–H and O–H groups in total. The average molecular weight is 305 g/mol. The molecule has 1 aliphatic heterocycles. The van der Waals surface area contributed by atoms with Crippen molar-refractivity contribution in [3.05, 3.63) is 35.9 Å². The molecule has 2 rings (SSSR count). The quantitative estimate of drug-likeness (QED) is 0.781. The van der Waals surface area contributed by atoms with E-state index in [1.165, 1.54) is 5.56 Å². The lowest BCUT2D eigenvalue weighted by molar-refractivity contribution is 0.0606. The Kier molecular flexibility index (Phi) is 7.33. The van der Waals surface area contributed by atoms with Crippen LogP contribution in [0.5, 0.6) is 0 Å². The minimum Gasteiger partial charge on any atom is -0.390 e. The maximum Gasteiger partial charge on any atom is 0.0793 e. The molecule has 22 heavy (non-hydrogen) atoms. The van der Waals surface area contributed by atoms with Gasteiger partial charge in [-0.05, 0) is 39.0 Å². The summed E-state index contributed by atoms with van der Waals surface area (Å²) in [5.41, 5.74) is 1.40. The van der Waals surface area contributed by atoms with Gasteiger partial charge in [-0.2, -0.15) is 0 Å². The number of hydrogen-bond donors (Lipinski definition) is 1. The molecular weight excluding hydrogens is 274 g/mol. The number of aliphatic hydroxyl groups is 1. The molecule has 1 unspecified atom stereocenters. The first-order valence-electron chi connectivity index (χ1n) is 8.45. The Balaban J connectivity index is 1.58. The van der Waals surface area contributed by atoms with Crippen LogP contribution < -0.4 is 0 Å². The highest BCUT2D eigenvalue weighted by Crippen LogP contribution is 2.04. The number of likely N-dealkylation sites (N-methyl/N-ethyl adjacent to an activating group) is 2. The third-order valence-corrected chi connectivity index (χ3v) is 4.44. The van der Waals surface area contributed by atoms with Crippen molar-refractivity contribution in [3.8, 4) is 0 Å². The van der Waals surface area contributed by atoms with E-state index in [9.17, 15) is 5.11 Å². The lowest BCUT2D eigenvalue weighted by atomic mass is 10.1. The summed E-state index contributed by atoms with van der Waals surface area (Å²) < 4.78 is 0. The lowest BCUT2D eigenvalue weighted by Gasteiger charge is -2.34. The summed E-state index contributed by atoms with van der Waals surface area (Å²) in [5.74, 6) is 0. The van der Waals surface area contributed by atoms with Gasteiger partial charge in [-0.1, -0.05) is 30.3 Å². The van der Waals surface area contributed by atoms with Crippen LogP contribution in [-0.2, 0) is 6.42 Å². The van der Waals surface area contributed by atoms with E-state index in [2.05, 4.69) is 59.1 Å². The molecule has 4 nitrogen and oxygen atoms in total. The van der Waals surface area contributed by atoms with Gasteiger partial charge in [0.2, 0.25) is 0 Å². The molecule has 1 aromatic rings. The highest BCUT2D eigenvalue weighted by Gasteiger charge is 2.17. The van der Waals surface area contributed by atoms with Gasteiger partial charge in [-0.3, -0.25) is 4.90 Å². The molecular formula is C18H31N3O. The van der Waals surface area contributed by atoms with Crippen LogP contribution >= 0.6 is 0 Å². The van der Waals surface area contributed by atoms with Crippen molar-refractivity contribution < 1.29 is 5.11 Å². The van der Waals surface area contributed by atoms with Crippen molar-refractivity contribution in [1.29, 1.82) is 0 Å². The van der Waals surface area contributed by atoms with Gasteiger partial charge in [0.1, 0.15) is 0 Å². The van der Waals surface area contributed by atoms with E-state index in [1.54, 1.807) is 0 Å². The molecule has 0 aromatic heterocycles. The zero-order valence-electron chi connectivity index (χ0n) is 14.1. The summed E-state index contributed by atoms with van der Waals surface area (Å²) in [6, 6.07) is 10.6. The Morgan fingerprint density at radius 3 is 2.50 bits per heavy atom. The number of hydrogen-bond acceptors (Lipinski definition) is 4. The van der Waals surface area contributed by atoms with Crippen LogP contribution in [-0.4, -0.2) is 85.8 Å². The summed E-state index contributed by atoms with van der Waals surface area (Å²) in [7, 11) is 4.27. The van der Waals surface area contributed by atoms with Crippen molar-refractivity contribution in [2.45, 2.75) is 18.9 Å². The van der Waals surface area contributed by atoms with E-state index in [0.29, 0.717) is 0 Å². The zero-order valence-corrected chi connectivity index (χ0v) is 14.1. The van der Waals surface area contributed by atoms with Crippen LogP contribution in [0.2, 0.25) is 0 Å². The summed E-state index contributed by atoms with van der Waals surface area (Å²) in [4.78, 5) is 6.98. The van der Waals surface area contributed by atoms with Crippen LogP contribution in [0, 0.1) is 0 Å². The van der Waals surface area contributed by atoms with E-state index >= 15 is 0 Å². The second-order valence-electron chi connectivity index (χ2n) is 6.61. The third-order valence-electron chi connectivity index (χ3n) is 4.44. The molecule has 0 bridgehead atoms. The van der Waals surface area contributed by atoms with E-state index in [1.807, 2.05) is 0 Å². The molecule has 1 aliphatic rings. The Morgan fingerprint density at radius 2 is 1.82 bits per heavy atom. The minimum absolute atomic E-state index is 0.245. The number of piperazine rings is 1. The predicted octanol–water partition coefficient (Wildman–Crippen LogP) is 1.16. The first-order valence-corrected chi connectivity index (χ1v) is 8.45. The fraction of sp³-hybridized carbons (Fsp3) is 0.667. The largest absolute Gasteiger partial charge is 0.390 e. The van der Waals surface area contributed by atoms with Gasteiger partial charge >= 0.3 is 0 Å². The van der Waals surface area contributed by atoms with Gasteiger partial charge in [0.15, 0.2) is 0 Å². The summed E-state index contributed by atoms with van der Waals surface area (Å²) in [6.45, 7) is 6.97. The first kappa shape index (κ1) is 17.4. The normalized spacial score (nSPS) is 18.7. The third kappa shape index (κ3) is 6.44. The molecule has 124 valence electrons. The fourth-order valence-electron chi connectivity index (χ4n) is 3.04. The number of rotatable bonds is 8. The standard InChI is InChI=1S/C18H31N3O/c1-19-11-13-21(14-12-19)16-18(22)15-20(2)10-6-9-17-7-4-3-5-8-17/h3-5,7-8,18,22H,6,9-16H2,1-2H3. The van der Waals surface area contributed by atoms with E-state index in [-0.39, 0.29) is 6.10 Å². The van der Waals surface area contributed by atoms with Crippen LogP contribution in [0.15, 0.2) is 30.3 Å². The minimum atomic E-state index is -0.245. The highest BCUT2D eigenvalue weighted by atomic mass is 16.3. The van der Waals surface area contributed by atoms with Gasteiger partial charge in [-0.15, -0.1) is 0 Å². The Hall–Kier alpha value is -0.940. The molecule has 0 spiro atoms. The van der Waals surface area contributed by atoms with Crippen molar-refractivity contribution in [2.24, 2.45) is 0 Å². The van der Waals surface area contributed by atoms with Gasteiger partial charge in [0.05, 0.1) is 6.10 Å². The van der Waals surface area contributed by atoms with Gasteiger partial charge in [0.25, 0.3) is 0 Å². The maximum atomic E-state index is 10.3. The van der Waals surface area contributed by atoms with Gasteiger partial charge in [-0.25, -0.2) is 0 Å². The van der Waals surface area contributed by atoms with Crippen LogP contribution in [0.4, 0.5) is 0 Å². The van der Waals surface area contributed by atoms with E-state index in [4.69, 9.17) is 0 Å². The molecule has 4 heteroatoms. The molecule has 0 amide bonds. The summed E-state index contributed by atoms with van der Waals surface area (Å²) in [5, 5.41) is 10.3. The van der Waals surface area contributed by atoms with E-state index < -0.39 is 0 Å². The Morgan fingerprint density at radius 1 is 1.14 bits per heavy atom. The number of β-amino-alcohol motifs (C(OH)–C–C–N with tert-alkyl or cyclic N) is 1. The molecule has 0 aliphatic carbocycles. The highest BCUT2D eigenvalue weighted by molar-refractivity contribution is 5.14. The van der Waals surface area contributed by atoms with E-state index in [0.717, 1.165) is 58.7 Å². The van der Waals surface area contributed by atoms with Crippen LogP contribution in [0.3, 0.4) is 0 Å².